The van der Waals surface area contributed by atoms with E-state index in [0.29, 0.717) is 5.52 Å². The van der Waals surface area contributed by atoms with Crippen molar-refractivity contribution in [1.82, 2.24) is 9.97 Å². The van der Waals surface area contributed by atoms with Crippen LogP contribution in [-0.4, -0.2) is 22.3 Å². The third-order valence-corrected chi connectivity index (χ3v) is 2.42. The summed E-state index contributed by atoms with van der Waals surface area (Å²) in [6.45, 7) is -0.355. The molecule has 7 nitrogen and oxygen atoms in total. The van der Waals surface area contributed by atoms with Gasteiger partial charge < -0.3 is 4.98 Å². The predicted octanol–water partition coefficient (Wildman–Crippen LogP) is 2.05. The first kappa shape index (κ1) is 11.6. The lowest BCUT2D eigenvalue weighted by Gasteiger charge is -2.01. The van der Waals surface area contributed by atoms with Crippen molar-refractivity contribution >= 4 is 16.8 Å². The quantitative estimate of drug-likeness (QED) is 0.500. The number of para-hydroxylation sites is 2. The van der Waals surface area contributed by atoms with Crippen LogP contribution in [0.2, 0.25) is 0 Å². The van der Waals surface area contributed by atoms with E-state index in [1.165, 1.54) is 0 Å². The van der Waals surface area contributed by atoms with Crippen molar-refractivity contribution < 1.29 is 4.79 Å². The first-order valence-corrected chi connectivity index (χ1v) is 5.14. The van der Waals surface area contributed by atoms with Gasteiger partial charge in [0.1, 0.15) is 5.82 Å². The fourth-order valence-electron chi connectivity index (χ4n) is 1.59. The maximum Gasteiger partial charge on any atom is 0.163 e. The van der Waals surface area contributed by atoms with Crippen molar-refractivity contribution in [3.8, 4) is 6.07 Å². The molecule has 1 N–H and O–H groups in total. The Morgan fingerprint density at radius 2 is 2.39 bits per heavy atom. The van der Waals surface area contributed by atoms with E-state index < -0.39 is 11.7 Å². The number of fused-ring (bicyclic) bond motifs is 1. The van der Waals surface area contributed by atoms with Crippen LogP contribution < -0.4 is 0 Å². The lowest BCUT2D eigenvalue weighted by atomic mass is 10.1. The summed E-state index contributed by atoms with van der Waals surface area (Å²) in [5.41, 5.74) is 9.59. The zero-order valence-electron chi connectivity index (χ0n) is 9.24. The van der Waals surface area contributed by atoms with Gasteiger partial charge in [-0.05, 0) is 17.7 Å². The summed E-state index contributed by atoms with van der Waals surface area (Å²) in [5, 5.41) is 12.2. The first-order valence-electron chi connectivity index (χ1n) is 5.14. The van der Waals surface area contributed by atoms with Gasteiger partial charge in [-0.25, -0.2) is 4.98 Å². The van der Waals surface area contributed by atoms with Crippen molar-refractivity contribution in [3.63, 3.8) is 0 Å². The van der Waals surface area contributed by atoms with Gasteiger partial charge in [-0.3, -0.25) is 4.79 Å². The first-order chi connectivity index (χ1) is 8.76. The molecule has 2 rings (SSSR count). The highest BCUT2D eigenvalue weighted by Crippen LogP contribution is 2.18. The van der Waals surface area contributed by atoms with Crippen LogP contribution >= 0.6 is 0 Å². The number of carbonyl (C=O) groups is 1. The maximum atomic E-state index is 11.7. The van der Waals surface area contributed by atoms with Crippen molar-refractivity contribution in [1.29, 1.82) is 5.26 Å². The van der Waals surface area contributed by atoms with Crippen LogP contribution in [0.25, 0.3) is 21.5 Å². The molecule has 1 unspecified atom stereocenters. The van der Waals surface area contributed by atoms with Gasteiger partial charge in [0.15, 0.2) is 11.7 Å². The summed E-state index contributed by atoms with van der Waals surface area (Å²) < 4.78 is 0. The number of nitriles is 1. The van der Waals surface area contributed by atoms with Crippen LogP contribution in [0.1, 0.15) is 11.7 Å². The van der Waals surface area contributed by atoms with Crippen molar-refractivity contribution in [2.75, 3.05) is 6.54 Å². The molecule has 1 atom stereocenters. The van der Waals surface area contributed by atoms with E-state index in [1.54, 1.807) is 12.1 Å². The number of azide groups is 1. The van der Waals surface area contributed by atoms with E-state index in [2.05, 4.69) is 20.0 Å². The molecule has 0 bridgehead atoms. The van der Waals surface area contributed by atoms with E-state index in [-0.39, 0.29) is 12.4 Å². The molecule has 0 aliphatic rings. The molecule has 1 aromatic heterocycles. The zero-order valence-corrected chi connectivity index (χ0v) is 9.24. The molecule has 0 fully saturated rings. The summed E-state index contributed by atoms with van der Waals surface area (Å²) in [6.07, 6.45) is 0. The average Bonchev–Trinajstić information content (AvgIpc) is 2.80. The molecule has 0 radical (unpaired) electrons. The molecule has 1 heterocycles. The molecule has 0 saturated carbocycles. The topological polar surface area (TPSA) is 118 Å². The molecule has 2 aromatic rings. The van der Waals surface area contributed by atoms with E-state index >= 15 is 0 Å². The van der Waals surface area contributed by atoms with Gasteiger partial charge in [-0.2, -0.15) is 5.26 Å². The standard InChI is InChI=1S/C11H8N6O/c12-5-7(10(18)6-14-17-13)11-15-8-3-1-2-4-9(8)16-11/h1-4,7H,6H2,(H,15,16). The lowest BCUT2D eigenvalue weighted by molar-refractivity contribution is -0.118. The minimum absolute atomic E-state index is 0.275. The van der Waals surface area contributed by atoms with Crippen LogP contribution in [0.4, 0.5) is 0 Å². The Bertz CT molecular complexity index is 643. The van der Waals surface area contributed by atoms with E-state index in [1.807, 2.05) is 18.2 Å². The fourth-order valence-corrected chi connectivity index (χ4v) is 1.59. The summed E-state index contributed by atoms with van der Waals surface area (Å²) >= 11 is 0. The number of imidazole rings is 1. The number of aromatic nitrogens is 2. The Kier molecular flexibility index (Phi) is 3.23. The van der Waals surface area contributed by atoms with Crippen LogP contribution in [0.3, 0.4) is 0 Å². The highest BCUT2D eigenvalue weighted by atomic mass is 16.1. The second kappa shape index (κ2) is 4.99. The zero-order chi connectivity index (χ0) is 13.0. The normalized spacial score (nSPS) is 11.5. The second-order valence-electron chi connectivity index (χ2n) is 3.56. The summed E-state index contributed by atoms with van der Waals surface area (Å²) in [5.74, 6) is -1.24. The number of nitrogens with one attached hydrogen (secondary N) is 1. The van der Waals surface area contributed by atoms with Gasteiger partial charge in [0.2, 0.25) is 0 Å². The van der Waals surface area contributed by atoms with E-state index in [4.69, 9.17) is 10.8 Å². The summed E-state index contributed by atoms with van der Waals surface area (Å²) in [7, 11) is 0. The minimum atomic E-state index is -1.04. The minimum Gasteiger partial charge on any atom is -0.340 e. The molecular formula is C11H8N6O. The third-order valence-electron chi connectivity index (χ3n) is 2.42. The molecule has 0 aliphatic carbocycles. The van der Waals surface area contributed by atoms with Gasteiger partial charge in [-0.15, -0.1) is 0 Å². The van der Waals surface area contributed by atoms with Crippen LogP contribution in [0, 0.1) is 11.3 Å². The van der Waals surface area contributed by atoms with Crippen LogP contribution in [-0.2, 0) is 4.79 Å². The number of hydrogen-bond donors (Lipinski definition) is 1. The van der Waals surface area contributed by atoms with Crippen LogP contribution in [0.5, 0.6) is 0 Å². The van der Waals surface area contributed by atoms with Crippen molar-refractivity contribution in [2.45, 2.75) is 5.92 Å². The molecule has 7 heteroatoms. The number of Topliss-reactive ketones (excluding diaryl/α,β-unsaturated/α-hetero) is 1. The second-order valence-corrected chi connectivity index (χ2v) is 3.56. The Morgan fingerprint density at radius 1 is 1.61 bits per heavy atom. The Morgan fingerprint density at radius 3 is 3.06 bits per heavy atom. The molecule has 18 heavy (non-hydrogen) atoms. The number of hydrogen-bond acceptors (Lipinski definition) is 4. The number of aromatic amines is 1. The lowest BCUT2D eigenvalue weighted by Crippen LogP contribution is -2.14. The van der Waals surface area contributed by atoms with Gasteiger partial charge in [0.25, 0.3) is 0 Å². The number of nitrogens with zero attached hydrogens (tertiary/aromatic N) is 5. The Hall–Kier alpha value is -2.84. The van der Waals surface area contributed by atoms with Crippen LogP contribution in [0.15, 0.2) is 29.4 Å². The Balaban J connectivity index is 2.35. The number of carbonyl (C=O) groups excluding carboxylic acids is 1. The molecule has 88 valence electrons. The predicted molar refractivity (Wildman–Crippen MR) is 63.5 cm³/mol. The molecule has 0 amide bonds. The SMILES string of the molecule is N#CC(C(=O)CN=[N+]=[N-])c1nc2ccccc2[nH]1. The highest BCUT2D eigenvalue weighted by Gasteiger charge is 2.22. The number of ketones is 1. The fraction of sp³-hybridized carbons (Fsp3) is 0.182. The van der Waals surface area contributed by atoms with Crippen molar-refractivity contribution in [3.05, 3.63) is 40.5 Å². The molecule has 0 aliphatic heterocycles. The number of H-pyrrole nitrogens is 1. The smallest absolute Gasteiger partial charge is 0.163 e. The number of rotatable bonds is 4. The van der Waals surface area contributed by atoms with Gasteiger partial charge >= 0.3 is 0 Å². The largest absolute Gasteiger partial charge is 0.340 e. The van der Waals surface area contributed by atoms with E-state index in [0.717, 1.165) is 5.52 Å². The molecule has 1 aromatic carbocycles. The average molecular weight is 240 g/mol. The van der Waals surface area contributed by atoms with Gasteiger partial charge in [-0.1, -0.05) is 17.2 Å². The molecule has 0 saturated heterocycles. The Labute approximate surface area is 102 Å². The number of benzene rings is 1. The van der Waals surface area contributed by atoms with Gasteiger partial charge in [0.05, 0.1) is 23.6 Å². The molecule has 0 spiro atoms. The van der Waals surface area contributed by atoms with E-state index in [9.17, 15) is 4.79 Å². The molecular weight excluding hydrogens is 232 g/mol. The third kappa shape index (κ3) is 2.14. The monoisotopic (exact) mass is 240 g/mol. The van der Waals surface area contributed by atoms with Gasteiger partial charge in [0, 0.05) is 4.91 Å². The maximum absolute atomic E-state index is 11.7. The highest BCUT2D eigenvalue weighted by molar-refractivity contribution is 5.90. The summed E-state index contributed by atoms with van der Waals surface area (Å²) in [6, 6.07) is 9.09. The van der Waals surface area contributed by atoms with Crippen molar-refractivity contribution in [2.24, 2.45) is 5.11 Å². The summed E-state index contributed by atoms with van der Waals surface area (Å²) in [4.78, 5) is 21.3.